The number of phenols is 1. The molecule has 33 heavy (non-hydrogen) atoms. The summed E-state index contributed by atoms with van der Waals surface area (Å²) < 4.78 is 15.7. The lowest BCUT2D eigenvalue weighted by molar-refractivity contribution is -0.127. The third-order valence-electron chi connectivity index (χ3n) is 5.77. The summed E-state index contributed by atoms with van der Waals surface area (Å²) in [5.74, 6) is -0.208. The maximum absolute atomic E-state index is 15.7. The average Bonchev–Trinajstić information content (AvgIpc) is 2.84. The zero-order valence-electron chi connectivity index (χ0n) is 18.3. The number of carbonyl (C=O) groups excluding carboxylic acids is 1. The van der Waals surface area contributed by atoms with Crippen molar-refractivity contribution in [2.24, 2.45) is 9.98 Å². The fraction of sp³-hybridized carbons (Fsp3) is 0.200. The number of nitrogens with zero attached hydrogens (tertiary/aromatic N) is 5. The Hall–Kier alpha value is -4.07. The minimum absolute atomic E-state index is 0.0184. The van der Waals surface area contributed by atoms with E-state index >= 15 is 4.39 Å². The van der Waals surface area contributed by atoms with Crippen LogP contribution in [0.3, 0.4) is 0 Å². The zero-order valence-corrected chi connectivity index (χ0v) is 18.3. The number of phenolic OH excluding ortho intramolecular Hbond substituents is 1. The third-order valence-corrected chi connectivity index (χ3v) is 5.77. The van der Waals surface area contributed by atoms with Gasteiger partial charge in [0.15, 0.2) is 5.82 Å². The van der Waals surface area contributed by atoms with Crippen molar-refractivity contribution >= 4 is 34.9 Å². The first-order valence-electron chi connectivity index (χ1n) is 10.5. The van der Waals surface area contributed by atoms with Crippen molar-refractivity contribution in [1.29, 1.82) is 0 Å². The number of hydrogen-bond donors (Lipinski definition) is 1. The molecule has 0 aliphatic carbocycles. The molecule has 0 atom stereocenters. The number of amidine groups is 1. The molecule has 0 saturated carbocycles. The number of fused-ring (bicyclic) bond motifs is 1. The van der Waals surface area contributed by atoms with Crippen LogP contribution in [0.15, 0.2) is 65.2 Å². The Morgan fingerprint density at radius 3 is 2.55 bits per heavy atom. The molecule has 1 aromatic heterocycles. The first-order valence-corrected chi connectivity index (χ1v) is 10.5. The molecular weight excluding hydrogens is 421 g/mol. The van der Waals surface area contributed by atoms with Crippen molar-refractivity contribution in [2.75, 3.05) is 33.2 Å². The highest BCUT2D eigenvalue weighted by molar-refractivity contribution is 6.04. The SMILES string of the molecule is C=CC(=O)N1CCN(/C(=N/C)c2cnc(-c3cc(O)cc4ccccc34)c(F)c2N=C)CC1. The monoisotopic (exact) mass is 445 g/mol. The first-order chi connectivity index (χ1) is 16.0. The summed E-state index contributed by atoms with van der Waals surface area (Å²) in [5.41, 5.74) is 0.996. The number of aromatic nitrogens is 1. The predicted molar refractivity (Wildman–Crippen MR) is 129 cm³/mol. The van der Waals surface area contributed by atoms with Gasteiger partial charge in [-0.25, -0.2) is 4.39 Å². The summed E-state index contributed by atoms with van der Waals surface area (Å²) in [6.07, 6.45) is 2.83. The van der Waals surface area contributed by atoms with Crippen molar-refractivity contribution in [3.63, 3.8) is 0 Å². The molecule has 1 N–H and O–H groups in total. The van der Waals surface area contributed by atoms with Crippen LogP contribution < -0.4 is 0 Å². The summed E-state index contributed by atoms with van der Waals surface area (Å²) in [6, 6.07) is 10.5. The number of hydrogen-bond acceptors (Lipinski definition) is 5. The summed E-state index contributed by atoms with van der Waals surface area (Å²) in [4.78, 5) is 28.3. The molecule has 0 bridgehead atoms. The molecule has 0 radical (unpaired) electrons. The van der Waals surface area contributed by atoms with Crippen molar-refractivity contribution < 1.29 is 14.3 Å². The fourth-order valence-corrected chi connectivity index (χ4v) is 4.17. The van der Waals surface area contributed by atoms with E-state index in [-0.39, 0.29) is 23.0 Å². The molecule has 2 aromatic carbocycles. The Morgan fingerprint density at radius 1 is 1.18 bits per heavy atom. The Bertz CT molecular complexity index is 1280. The standard InChI is InChI=1S/C25H24FN5O2/c1-4-21(33)30-9-11-31(12-10-30)25(28-3)20-15-29-24(22(26)23(20)27-2)19-14-17(32)13-16-7-5-6-8-18(16)19/h4-8,13-15,32H,1-2,9-12H2,3H3/b28-25+. The average molecular weight is 445 g/mol. The lowest BCUT2D eigenvalue weighted by Gasteiger charge is -2.36. The first kappa shape index (κ1) is 22.1. The van der Waals surface area contributed by atoms with Crippen molar-refractivity contribution in [2.45, 2.75) is 0 Å². The molecule has 1 fully saturated rings. The van der Waals surface area contributed by atoms with E-state index in [9.17, 15) is 9.90 Å². The number of rotatable bonds is 4. The van der Waals surface area contributed by atoms with Gasteiger partial charge in [0.05, 0.1) is 5.56 Å². The number of carbonyl (C=O) groups is 1. The van der Waals surface area contributed by atoms with Crippen molar-refractivity contribution in [1.82, 2.24) is 14.8 Å². The number of halogens is 1. The van der Waals surface area contributed by atoms with E-state index < -0.39 is 5.82 Å². The van der Waals surface area contributed by atoms with Crippen LogP contribution >= 0.6 is 0 Å². The third kappa shape index (κ3) is 4.07. The van der Waals surface area contributed by atoms with Crippen LogP contribution in [0.2, 0.25) is 0 Å². The second-order valence-corrected chi connectivity index (χ2v) is 7.62. The van der Waals surface area contributed by atoms with Crippen LogP contribution in [0.25, 0.3) is 22.0 Å². The molecule has 2 heterocycles. The highest BCUT2D eigenvalue weighted by Crippen LogP contribution is 2.37. The molecule has 7 nitrogen and oxygen atoms in total. The maximum Gasteiger partial charge on any atom is 0.246 e. The number of amides is 1. The molecule has 1 amide bonds. The van der Waals surface area contributed by atoms with E-state index in [1.807, 2.05) is 29.2 Å². The van der Waals surface area contributed by atoms with Crippen LogP contribution in [0.5, 0.6) is 5.75 Å². The number of piperazine rings is 1. The van der Waals surface area contributed by atoms with Gasteiger partial charge >= 0.3 is 0 Å². The molecule has 168 valence electrons. The van der Waals surface area contributed by atoms with Gasteiger partial charge in [0, 0.05) is 45.0 Å². The van der Waals surface area contributed by atoms with E-state index in [0.717, 1.165) is 10.8 Å². The van der Waals surface area contributed by atoms with Gasteiger partial charge in [-0.1, -0.05) is 30.8 Å². The Labute approximate surface area is 191 Å². The molecule has 1 aliphatic rings. The van der Waals surface area contributed by atoms with Gasteiger partial charge in [0.25, 0.3) is 0 Å². The number of aromatic hydroxyl groups is 1. The second-order valence-electron chi connectivity index (χ2n) is 7.62. The molecule has 4 rings (SSSR count). The number of aliphatic imine (C=N–C) groups is 2. The molecule has 3 aromatic rings. The summed E-state index contributed by atoms with van der Waals surface area (Å²) in [7, 11) is 1.62. The van der Waals surface area contributed by atoms with E-state index in [0.29, 0.717) is 43.1 Å². The van der Waals surface area contributed by atoms with E-state index in [2.05, 4.69) is 28.3 Å². The molecule has 1 aliphatic heterocycles. The van der Waals surface area contributed by atoms with E-state index in [4.69, 9.17) is 0 Å². The molecule has 0 spiro atoms. The zero-order chi connectivity index (χ0) is 23.5. The Morgan fingerprint density at radius 2 is 1.88 bits per heavy atom. The van der Waals surface area contributed by atoms with Crippen LogP contribution in [-0.2, 0) is 4.79 Å². The smallest absolute Gasteiger partial charge is 0.246 e. The number of benzene rings is 2. The highest BCUT2D eigenvalue weighted by atomic mass is 19.1. The van der Waals surface area contributed by atoms with Gasteiger partial charge < -0.3 is 14.9 Å². The van der Waals surface area contributed by atoms with Crippen molar-refractivity contribution in [3.05, 3.63) is 66.6 Å². The Balaban J connectivity index is 1.74. The van der Waals surface area contributed by atoms with Crippen LogP contribution in [0, 0.1) is 5.82 Å². The molecule has 8 heteroatoms. The van der Waals surface area contributed by atoms with Gasteiger partial charge in [-0.15, -0.1) is 0 Å². The quantitative estimate of drug-likeness (QED) is 0.376. The largest absolute Gasteiger partial charge is 0.508 e. The van der Waals surface area contributed by atoms with Crippen LogP contribution in [0.1, 0.15) is 5.56 Å². The Kier molecular flexibility index (Phi) is 6.17. The maximum atomic E-state index is 15.7. The van der Waals surface area contributed by atoms with Gasteiger partial charge in [-0.2, -0.15) is 0 Å². The highest BCUT2D eigenvalue weighted by Gasteiger charge is 2.26. The minimum atomic E-state index is -0.639. The van der Waals surface area contributed by atoms with E-state index in [1.54, 1.807) is 18.0 Å². The molecule has 0 unspecified atom stereocenters. The lowest BCUT2D eigenvalue weighted by Crippen LogP contribution is -2.50. The second kappa shape index (κ2) is 9.20. The molecule has 1 saturated heterocycles. The predicted octanol–water partition coefficient (Wildman–Crippen LogP) is 3.79. The fourth-order valence-electron chi connectivity index (χ4n) is 4.17. The molecular formula is C25H24FN5O2. The van der Waals surface area contributed by atoms with E-state index in [1.165, 1.54) is 18.3 Å². The van der Waals surface area contributed by atoms with Crippen LogP contribution in [0.4, 0.5) is 10.1 Å². The van der Waals surface area contributed by atoms with Crippen LogP contribution in [-0.4, -0.2) is 71.6 Å². The van der Waals surface area contributed by atoms with Crippen molar-refractivity contribution in [3.8, 4) is 17.0 Å². The summed E-state index contributed by atoms with van der Waals surface area (Å²) >= 11 is 0. The topological polar surface area (TPSA) is 81.4 Å². The minimum Gasteiger partial charge on any atom is -0.508 e. The van der Waals surface area contributed by atoms with Gasteiger partial charge in [-0.3, -0.25) is 19.8 Å². The number of pyridine rings is 1. The normalized spacial score (nSPS) is 14.4. The summed E-state index contributed by atoms with van der Waals surface area (Å²) in [5, 5.41) is 11.7. The van der Waals surface area contributed by atoms with Gasteiger partial charge in [-0.05, 0) is 35.7 Å². The lowest BCUT2D eigenvalue weighted by atomic mass is 9.99. The van der Waals surface area contributed by atoms with Gasteiger partial charge in [0.2, 0.25) is 5.91 Å². The van der Waals surface area contributed by atoms with Gasteiger partial charge in [0.1, 0.15) is 23.0 Å². The summed E-state index contributed by atoms with van der Waals surface area (Å²) in [6.45, 7) is 9.17.